The number of esters is 3. The van der Waals surface area contributed by atoms with E-state index < -0.39 is 53.3 Å². The predicted octanol–water partition coefficient (Wildman–Crippen LogP) is 0.712. The van der Waals surface area contributed by atoms with Gasteiger partial charge in [0.2, 0.25) is 10.8 Å². The molecule has 3 rings (SSSR count). The second-order valence-corrected chi connectivity index (χ2v) is 6.77. The van der Waals surface area contributed by atoms with E-state index in [1.54, 1.807) is 0 Å². The van der Waals surface area contributed by atoms with E-state index >= 15 is 0 Å². The molecule has 2 aromatic rings. The highest BCUT2D eigenvalue weighted by molar-refractivity contribution is 6.33. The average Bonchev–Trinajstić information content (AvgIpc) is 3.21. The number of ether oxygens (including phenoxy) is 4. The summed E-state index contributed by atoms with van der Waals surface area (Å²) in [6.07, 6.45) is -3.38. The van der Waals surface area contributed by atoms with Crippen LogP contribution in [-0.2, 0) is 33.3 Å². The molecule has 1 saturated heterocycles. The first-order valence-electron chi connectivity index (χ1n) is 8.76. The summed E-state index contributed by atoms with van der Waals surface area (Å²) in [6, 6.07) is 0. The maximum Gasteiger partial charge on any atom is 0.472 e. The molecule has 1 aliphatic rings. The van der Waals surface area contributed by atoms with E-state index in [0.29, 0.717) is 0 Å². The smallest absolute Gasteiger partial charge is 0.463 e. The molecule has 0 amide bonds. The van der Waals surface area contributed by atoms with Crippen molar-refractivity contribution < 1.29 is 38.3 Å². The van der Waals surface area contributed by atoms with E-state index in [-0.39, 0.29) is 22.9 Å². The first-order valence-corrected chi connectivity index (χ1v) is 9.14. The highest BCUT2D eigenvalue weighted by Gasteiger charge is 2.51. The number of nitrogens with zero attached hydrogens (tertiary/aromatic N) is 5. The lowest BCUT2D eigenvalue weighted by atomic mass is 10.1. The zero-order valence-electron chi connectivity index (χ0n) is 16.4. The van der Waals surface area contributed by atoms with Crippen molar-refractivity contribution in [1.82, 2.24) is 19.5 Å². The highest BCUT2D eigenvalue weighted by Crippen LogP contribution is 2.36. The summed E-state index contributed by atoms with van der Waals surface area (Å²) in [5, 5.41) is 10.8. The van der Waals surface area contributed by atoms with Crippen LogP contribution >= 0.6 is 11.6 Å². The molecule has 31 heavy (non-hydrogen) atoms. The number of nitro groups is 1. The largest absolute Gasteiger partial charge is 0.472 e. The van der Waals surface area contributed by atoms with Crippen molar-refractivity contribution >= 4 is 46.6 Å². The van der Waals surface area contributed by atoms with E-state index in [9.17, 15) is 24.5 Å². The Bertz CT molecular complexity index is 1060. The standard InChI is InChI=1S/C16H16ClN5O9/c1-6(23)28-4-9-11(29-7(2)24)12(30-8(3)25)15(31-9)21-5-18-10-13(17)19-16(22(26)27)20-14(10)21/h5,9,11-12,15H,4H2,1-3H3/t9-,11?,12?,15-/m1/s1. The van der Waals surface area contributed by atoms with Gasteiger partial charge >= 0.3 is 23.9 Å². The van der Waals surface area contributed by atoms with E-state index in [2.05, 4.69) is 15.0 Å². The lowest BCUT2D eigenvalue weighted by molar-refractivity contribution is -0.394. The van der Waals surface area contributed by atoms with Gasteiger partial charge in [-0.2, -0.15) is 0 Å². The molecule has 14 nitrogen and oxygen atoms in total. The van der Waals surface area contributed by atoms with Gasteiger partial charge in [0.25, 0.3) is 0 Å². The lowest BCUT2D eigenvalue weighted by Gasteiger charge is -2.23. The Morgan fingerprint density at radius 3 is 2.39 bits per heavy atom. The summed E-state index contributed by atoms with van der Waals surface area (Å²) in [7, 11) is 0. The summed E-state index contributed by atoms with van der Waals surface area (Å²) in [4.78, 5) is 56.3. The Balaban J connectivity index is 2.08. The maximum absolute atomic E-state index is 11.7. The second-order valence-electron chi connectivity index (χ2n) is 6.41. The molecule has 0 aromatic carbocycles. The van der Waals surface area contributed by atoms with Gasteiger partial charge in [-0.05, 0) is 21.5 Å². The van der Waals surface area contributed by atoms with Crippen LogP contribution in [0.1, 0.15) is 27.0 Å². The Kier molecular flexibility index (Phi) is 6.31. The lowest BCUT2D eigenvalue weighted by Crippen LogP contribution is -2.40. The van der Waals surface area contributed by atoms with Crippen molar-refractivity contribution in [2.45, 2.75) is 45.3 Å². The number of halogens is 1. The molecule has 0 aliphatic carbocycles. The normalized spacial score (nSPS) is 22.8. The summed E-state index contributed by atoms with van der Waals surface area (Å²) in [5.41, 5.74) is -0.0477. The molecule has 166 valence electrons. The van der Waals surface area contributed by atoms with Crippen molar-refractivity contribution in [3.63, 3.8) is 0 Å². The van der Waals surface area contributed by atoms with Crippen LogP contribution in [0.2, 0.25) is 5.15 Å². The SMILES string of the molecule is CC(=O)OC[C@H]1O[C@@H](n2cnc3c(Cl)nc([N+](=O)[O-])nc32)C(OC(C)=O)C1OC(C)=O. The second kappa shape index (κ2) is 8.77. The van der Waals surface area contributed by atoms with Crippen LogP contribution in [0.15, 0.2) is 6.33 Å². The minimum absolute atomic E-state index is 0.0323. The maximum atomic E-state index is 11.7. The monoisotopic (exact) mass is 457 g/mol. The average molecular weight is 458 g/mol. The number of imidazole rings is 1. The van der Waals surface area contributed by atoms with E-state index in [1.807, 2.05) is 0 Å². The third-order valence-electron chi connectivity index (χ3n) is 4.14. The van der Waals surface area contributed by atoms with Gasteiger partial charge in [0, 0.05) is 20.8 Å². The number of carbonyl (C=O) groups excluding carboxylic acids is 3. The molecule has 3 heterocycles. The Morgan fingerprint density at radius 2 is 1.81 bits per heavy atom. The molecule has 0 N–H and O–H groups in total. The molecule has 1 fully saturated rings. The molecule has 4 atom stereocenters. The molecule has 2 aromatic heterocycles. The fraction of sp³-hybridized carbons (Fsp3) is 0.500. The van der Waals surface area contributed by atoms with E-state index in [0.717, 1.165) is 13.8 Å². The summed E-state index contributed by atoms with van der Waals surface area (Å²) < 4.78 is 22.6. The van der Waals surface area contributed by atoms with Crippen LogP contribution < -0.4 is 0 Å². The Hall–Kier alpha value is -3.39. The van der Waals surface area contributed by atoms with Gasteiger partial charge in [-0.25, -0.2) is 4.98 Å². The van der Waals surface area contributed by atoms with Crippen molar-refractivity contribution in [2.24, 2.45) is 0 Å². The predicted molar refractivity (Wildman–Crippen MR) is 98.6 cm³/mol. The Labute approximate surface area is 178 Å². The number of aromatic nitrogens is 4. The fourth-order valence-electron chi connectivity index (χ4n) is 3.06. The van der Waals surface area contributed by atoms with Crippen LogP contribution in [0.25, 0.3) is 11.2 Å². The first kappa shape index (κ1) is 22.3. The first-order chi connectivity index (χ1) is 14.6. The number of hydrogen-bond donors (Lipinski definition) is 0. The number of rotatable bonds is 6. The van der Waals surface area contributed by atoms with Crippen LogP contribution in [0.3, 0.4) is 0 Å². The molecule has 15 heteroatoms. The van der Waals surface area contributed by atoms with Crippen LogP contribution in [0.5, 0.6) is 0 Å². The Morgan fingerprint density at radius 1 is 1.16 bits per heavy atom. The zero-order valence-corrected chi connectivity index (χ0v) is 17.1. The van der Waals surface area contributed by atoms with Gasteiger partial charge in [0.15, 0.2) is 24.0 Å². The van der Waals surface area contributed by atoms with Crippen molar-refractivity contribution in [2.75, 3.05) is 6.61 Å². The van der Waals surface area contributed by atoms with Crippen LogP contribution in [-0.4, -0.2) is 67.3 Å². The van der Waals surface area contributed by atoms with Crippen molar-refractivity contribution in [1.29, 1.82) is 0 Å². The quantitative estimate of drug-likeness (QED) is 0.195. The summed E-state index contributed by atoms with van der Waals surface area (Å²) >= 11 is 5.97. The van der Waals surface area contributed by atoms with E-state index in [4.69, 9.17) is 30.5 Å². The van der Waals surface area contributed by atoms with Crippen LogP contribution in [0.4, 0.5) is 5.95 Å². The minimum Gasteiger partial charge on any atom is -0.463 e. The van der Waals surface area contributed by atoms with Gasteiger partial charge in [-0.15, -0.1) is 0 Å². The minimum atomic E-state index is -1.22. The van der Waals surface area contributed by atoms with Gasteiger partial charge in [0.05, 0.1) is 0 Å². The van der Waals surface area contributed by atoms with Gasteiger partial charge in [-0.1, -0.05) is 4.98 Å². The molecule has 0 spiro atoms. The molecule has 1 aliphatic heterocycles. The zero-order chi connectivity index (χ0) is 22.9. The number of carbonyl (C=O) groups is 3. The summed E-state index contributed by atoms with van der Waals surface area (Å²) in [6.45, 7) is 3.14. The third kappa shape index (κ3) is 4.69. The van der Waals surface area contributed by atoms with Gasteiger partial charge < -0.3 is 29.1 Å². The molecule has 2 unspecified atom stereocenters. The van der Waals surface area contributed by atoms with Gasteiger partial charge in [0.1, 0.15) is 19.0 Å². The third-order valence-corrected chi connectivity index (χ3v) is 4.41. The van der Waals surface area contributed by atoms with E-state index in [1.165, 1.54) is 17.8 Å². The van der Waals surface area contributed by atoms with Crippen molar-refractivity contribution in [3.8, 4) is 0 Å². The topological polar surface area (TPSA) is 175 Å². The molecule has 0 saturated carbocycles. The molecule has 0 radical (unpaired) electrons. The summed E-state index contributed by atoms with van der Waals surface area (Å²) in [5.74, 6) is -2.81. The fourth-order valence-corrected chi connectivity index (χ4v) is 3.26. The number of hydrogen-bond acceptors (Lipinski definition) is 12. The van der Waals surface area contributed by atoms with Crippen molar-refractivity contribution in [3.05, 3.63) is 21.6 Å². The molecular formula is C16H16ClN5O9. The van der Waals surface area contributed by atoms with Gasteiger partial charge in [-0.3, -0.25) is 19.0 Å². The number of fused-ring (bicyclic) bond motifs is 1. The highest BCUT2D eigenvalue weighted by atomic mass is 35.5. The van der Waals surface area contributed by atoms with Crippen LogP contribution in [0, 0.1) is 10.1 Å². The molecule has 0 bridgehead atoms. The molecular weight excluding hydrogens is 442 g/mol.